The van der Waals surface area contributed by atoms with Crippen LogP contribution in [0.5, 0.6) is 0 Å². The Bertz CT molecular complexity index is 660. The highest BCUT2D eigenvalue weighted by Gasteiger charge is 2.30. The maximum Gasteiger partial charge on any atom is 0.290 e. The third-order valence-corrected chi connectivity index (χ3v) is 4.57. The molecule has 1 aliphatic heterocycles. The summed E-state index contributed by atoms with van der Waals surface area (Å²) in [5.74, 6) is -0.618. The average molecular weight is 360 g/mol. The van der Waals surface area contributed by atoms with Crippen LogP contribution in [0.2, 0.25) is 0 Å². The molecule has 0 aromatic heterocycles. The summed E-state index contributed by atoms with van der Waals surface area (Å²) in [5.41, 5.74) is 0.343. The Hall–Kier alpha value is -2.01. The van der Waals surface area contributed by atoms with E-state index in [0.717, 1.165) is 0 Å². The molecule has 0 unspecified atom stereocenters. The SMILES string of the molecule is NS(=O)(=O)c1ccc(C(=O)N2CC[C@H](O)[C@H](CO)C2)cc1.O=CO. The number of carbonyl (C=O) groups is 2. The third-order valence-electron chi connectivity index (χ3n) is 3.65. The van der Waals surface area contributed by atoms with Crippen molar-refractivity contribution >= 4 is 22.4 Å². The van der Waals surface area contributed by atoms with Crippen molar-refractivity contribution in [3.63, 3.8) is 0 Å². The number of piperidine rings is 1. The highest BCUT2D eigenvalue weighted by molar-refractivity contribution is 7.89. The van der Waals surface area contributed by atoms with Gasteiger partial charge in [0, 0.05) is 24.6 Å². The number of sulfonamides is 1. The molecule has 24 heavy (non-hydrogen) atoms. The van der Waals surface area contributed by atoms with Crippen molar-refractivity contribution in [1.29, 1.82) is 0 Å². The van der Waals surface area contributed by atoms with Crippen LogP contribution in [0.4, 0.5) is 0 Å². The Balaban J connectivity index is 0.000000891. The number of carbonyl (C=O) groups excluding carboxylic acids is 1. The molecule has 0 radical (unpaired) electrons. The van der Waals surface area contributed by atoms with E-state index in [1.807, 2.05) is 0 Å². The standard InChI is InChI=1S/C13H18N2O5S.CH2O2/c14-21(19,20)11-3-1-9(2-4-11)13(18)15-6-5-12(17)10(7-15)8-16;2-1-3/h1-4,10,12,16-17H,5-8H2,(H2,14,19,20);1H,(H,2,3)/t10-,12-;/m0./s1. The Morgan fingerprint density at radius 3 is 2.33 bits per heavy atom. The van der Waals surface area contributed by atoms with Crippen LogP contribution in [-0.2, 0) is 14.8 Å². The van der Waals surface area contributed by atoms with E-state index in [2.05, 4.69) is 0 Å². The first-order chi connectivity index (χ1) is 11.2. The van der Waals surface area contributed by atoms with Gasteiger partial charge in [-0.05, 0) is 30.7 Å². The molecule has 0 spiro atoms. The monoisotopic (exact) mass is 360 g/mol. The fraction of sp³-hybridized carbons (Fsp3) is 0.429. The molecule has 1 aliphatic rings. The number of carboxylic acid groups (broad SMARTS) is 1. The van der Waals surface area contributed by atoms with Crippen molar-refractivity contribution in [2.75, 3.05) is 19.7 Å². The fourth-order valence-electron chi connectivity index (χ4n) is 2.35. The number of aliphatic hydroxyl groups excluding tert-OH is 2. The van der Waals surface area contributed by atoms with Crippen LogP contribution in [0.1, 0.15) is 16.8 Å². The number of amides is 1. The van der Waals surface area contributed by atoms with Gasteiger partial charge in [0.15, 0.2) is 0 Å². The molecule has 5 N–H and O–H groups in total. The molecule has 0 saturated carbocycles. The molecule has 0 aliphatic carbocycles. The molecule has 10 heteroatoms. The summed E-state index contributed by atoms with van der Waals surface area (Å²) in [6.07, 6.45) is -0.199. The summed E-state index contributed by atoms with van der Waals surface area (Å²) in [6.45, 7) is 0.232. The Morgan fingerprint density at radius 2 is 1.88 bits per heavy atom. The molecule has 134 valence electrons. The van der Waals surface area contributed by atoms with Crippen molar-refractivity contribution in [2.45, 2.75) is 17.4 Å². The minimum atomic E-state index is -3.78. The molecule has 1 heterocycles. The zero-order chi connectivity index (χ0) is 18.3. The first kappa shape index (κ1) is 20.0. The molecule has 1 amide bonds. The van der Waals surface area contributed by atoms with Gasteiger partial charge >= 0.3 is 0 Å². The van der Waals surface area contributed by atoms with Crippen LogP contribution in [0.15, 0.2) is 29.2 Å². The summed E-state index contributed by atoms with van der Waals surface area (Å²) in [7, 11) is -3.78. The maximum atomic E-state index is 12.3. The second kappa shape index (κ2) is 8.73. The Labute approximate surface area is 139 Å². The third kappa shape index (κ3) is 5.27. The smallest absolute Gasteiger partial charge is 0.290 e. The van der Waals surface area contributed by atoms with Crippen molar-refractivity contribution in [2.24, 2.45) is 11.1 Å². The number of primary sulfonamides is 1. The molecular formula is C14H20N2O7S. The quantitative estimate of drug-likeness (QED) is 0.495. The summed E-state index contributed by atoms with van der Waals surface area (Å²) >= 11 is 0. The lowest BCUT2D eigenvalue weighted by Crippen LogP contribution is -2.47. The van der Waals surface area contributed by atoms with E-state index in [9.17, 15) is 23.4 Å². The predicted molar refractivity (Wildman–Crippen MR) is 83.6 cm³/mol. The van der Waals surface area contributed by atoms with Crippen LogP contribution >= 0.6 is 0 Å². The molecular weight excluding hydrogens is 340 g/mol. The lowest BCUT2D eigenvalue weighted by molar-refractivity contribution is -0.122. The van der Waals surface area contributed by atoms with Crippen LogP contribution in [0, 0.1) is 5.92 Å². The van der Waals surface area contributed by atoms with Crippen LogP contribution in [0.25, 0.3) is 0 Å². The molecule has 1 saturated heterocycles. The predicted octanol–water partition coefficient (Wildman–Crippen LogP) is -1.15. The summed E-state index contributed by atoms with van der Waals surface area (Å²) in [6, 6.07) is 5.37. The largest absolute Gasteiger partial charge is 0.483 e. The Morgan fingerprint density at radius 1 is 1.33 bits per heavy atom. The lowest BCUT2D eigenvalue weighted by atomic mass is 9.95. The molecule has 2 rings (SSSR count). The van der Waals surface area contributed by atoms with Gasteiger partial charge in [0.1, 0.15) is 0 Å². The van der Waals surface area contributed by atoms with E-state index in [0.29, 0.717) is 18.5 Å². The first-order valence-electron chi connectivity index (χ1n) is 7.03. The molecule has 0 bridgehead atoms. The van der Waals surface area contributed by atoms with E-state index < -0.39 is 16.1 Å². The maximum absolute atomic E-state index is 12.3. The number of hydrogen-bond acceptors (Lipinski definition) is 6. The van der Waals surface area contributed by atoms with Crippen molar-refractivity contribution in [3.8, 4) is 0 Å². The molecule has 1 fully saturated rings. The second-order valence-corrected chi connectivity index (χ2v) is 6.79. The van der Waals surface area contributed by atoms with Crippen molar-refractivity contribution in [3.05, 3.63) is 29.8 Å². The average Bonchev–Trinajstić information content (AvgIpc) is 2.55. The van der Waals surface area contributed by atoms with Gasteiger partial charge in [-0.2, -0.15) is 0 Å². The van der Waals surface area contributed by atoms with Gasteiger partial charge in [-0.15, -0.1) is 0 Å². The topological polar surface area (TPSA) is 158 Å². The number of nitrogens with two attached hydrogens (primary N) is 1. The van der Waals surface area contributed by atoms with Crippen molar-refractivity contribution < 1.29 is 33.3 Å². The highest BCUT2D eigenvalue weighted by atomic mass is 32.2. The van der Waals surface area contributed by atoms with Gasteiger partial charge in [-0.1, -0.05) is 0 Å². The van der Waals surface area contributed by atoms with E-state index in [1.165, 1.54) is 24.3 Å². The zero-order valence-electron chi connectivity index (χ0n) is 12.8. The number of nitrogens with zero attached hydrogens (tertiary/aromatic N) is 1. The molecule has 9 nitrogen and oxygen atoms in total. The number of likely N-dealkylation sites (tertiary alicyclic amines) is 1. The number of hydrogen-bond donors (Lipinski definition) is 4. The molecule has 2 atom stereocenters. The minimum absolute atomic E-state index is 0.0543. The highest BCUT2D eigenvalue weighted by Crippen LogP contribution is 2.19. The number of rotatable bonds is 3. The Kier molecular flexibility index (Phi) is 7.29. The molecule has 1 aromatic carbocycles. The van der Waals surface area contributed by atoms with Gasteiger partial charge in [-0.3, -0.25) is 9.59 Å². The minimum Gasteiger partial charge on any atom is -0.483 e. The number of benzene rings is 1. The van der Waals surface area contributed by atoms with Gasteiger partial charge in [-0.25, -0.2) is 13.6 Å². The van der Waals surface area contributed by atoms with Gasteiger partial charge < -0.3 is 20.2 Å². The van der Waals surface area contributed by atoms with Gasteiger partial charge in [0.05, 0.1) is 17.6 Å². The van der Waals surface area contributed by atoms with Crippen molar-refractivity contribution in [1.82, 2.24) is 4.90 Å². The summed E-state index contributed by atoms with van der Waals surface area (Å²) < 4.78 is 22.3. The summed E-state index contributed by atoms with van der Waals surface area (Å²) in [4.78, 5) is 22.2. The molecule has 1 aromatic rings. The fourth-order valence-corrected chi connectivity index (χ4v) is 2.87. The van der Waals surface area contributed by atoms with Crippen LogP contribution in [0.3, 0.4) is 0 Å². The number of aliphatic hydroxyl groups is 2. The second-order valence-electron chi connectivity index (χ2n) is 5.22. The summed E-state index contributed by atoms with van der Waals surface area (Å²) in [5, 5.41) is 30.8. The van der Waals surface area contributed by atoms with Crippen LogP contribution in [-0.4, -0.2) is 66.8 Å². The van der Waals surface area contributed by atoms with E-state index >= 15 is 0 Å². The van der Waals surface area contributed by atoms with E-state index in [4.69, 9.17) is 15.0 Å². The van der Waals surface area contributed by atoms with Gasteiger partial charge in [0.25, 0.3) is 12.4 Å². The van der Waals surface area contributed by atoms with Crippen LogP contribution < -0.4 is 5.14 Å². The lowest BCUT2D eigenvalue weighted by Gasteiger charge is -2.35. The normalized spacial score (nSPS) is 20.7. The van der Waals surface area contributed by atoms with E-state index in [1.54, 1.807) is 4.90 Å². The zero-order valence-corrected chi connectivity index (χ0v) is 13.6. The van der Waals surface area contributed by atoms with E-state index in [-0.39, 0.29) is 36.3 Å². The van der Waals surface area contributed by atoms with Gasteiger partial charge in [0.2, 0.25) is 10.0 Å². The first-order valence-corrected chi connectivity index (χ1v) is 8.58.